The van der Waals surface area contributed by atoms with Crippen LogP contribution in [-0.4, -0.2) is 56.3 Å². The molecule has 1 N–H and O–H groups in total. The molecule has 5 nitrogen and oxygen atoms in total. The molecule has 1 saturated heterocycles. The van der Waals surface area contributed by atoms with Crippen molar-refractivity contribution in [1.82, 2.24) is 4.90 Å². The van der Waals surface area contributed by atoms with Crippen LogP contribution in [0.3, 0.4) is 0 Å². The second-order valence-corrected chi connectivity index (χ2v) is 9.15. The zero-order valence-electron chi connectivity index (χ0n) is 21.4. The number of methoxy groups -OCH3 is 1. The van der Waals surface area contributed by atoms with Crippen LogP contribution in [0.4, 0.5) is 0 Å². The Kier molecular flexibility index (Phi) is 9.56. The summed E-state index contributed by atoms with van der Waals surface area (Å²) in [6.07, 6.45) is 2.84. The van der Waals surface area contributed by atoms with E-state index >= 15 is 0 Å². The first kappa shape index (κ1) is 26.0. The second kappa shape index (κ2) is 13.3. The van der Waals surface area contributed by atoms with E-state index in [1.807, 2.05) is 30.3 Å². The summed E-state index contributed by atoms with van der Waals surface area (Å²) in [6, 6.07) is 26.9. The molecule has 1 aliphatic heterocycles. The van der Waals surface area contributed by atoms with E-state index in [1.165, 1.54) is 29.6 Å². The number of rotatable bonds is 12. The Morgan fingerprint density at radius 3 is 1.94 bits per heavy atom. The summed E-state index contributed by atoms with van der Waals surface area (Å²) in [7, 11) is 1.62. The third-order valence-electron chi connectivity index (χ3n) is 6.52. The van der Waals surface area contributed by atoms with E-state index < -0.39 is 6.10 Å². The van der Waals surface area contributed by atoms with Gasteiger partial charge in [-0.2, -0.15) is 0 Å². The summed E-state index contributed by atoms with van der Waals surface area (Å²) in [5, 5.41) is 10.4. The van der Waals surface area contributed by atoms with Gasteiger partial charge in [-0.25, -0.2) is 0 Å². The normalized spacial score (nSPS) is 15.4. The molecule has 0 bridgehead atoms. The molecule has 1 fully saturated rings. The van der Waals surface area contributed by atoms with Crippen LogP contribution in [0.5, 0.6) is 11.5 Å². The fraction of sp³-hybridized carbons (Fsp3) is 0.355. The first-order valence-electron chi connectivity index (χ1n) is 12.8. The first-order chi connectivity index (χ1) is 17.7. The van der Waals surface area contributed by atoms with Gasteiger partial charge in [0.25, 0.3) is 0 Å². The van der Waals surface area contributed by atoms with Crippen LogP contribution < -0.4 is 9.47 Å². The van der Waals surface area contributed by atoms with Gasteiger partial charge >= 0.3 is 0 Å². The minimum absolute atomic E-state index is 0.223. The third kappa shape index (κ3) is 6.97. The smallest absolute Gasteiger partial charge is 0.188 e. The molecule has 5 heteroatoms. The van der Waals surface area contributed by atoms with E-state index in [4.69, 9.17) is 14.2 Å². The van der Waals surface area contributed by atoms with Gasteiger partial charge in [-0.3, -0.25) is 0 Å². The van der Waals surface area contributed by atoms with E-state index in [9.17, 15) is 5.11 Å². The molecule has 1 atom stereocenters. The molecular formula is C31H37NO4. The Morgan fingerprint density at radius 1 is 0.806 bits per heavy atom. The number of allylic oxidation sites excluding steroid dienone is 1. The molecular weight excluding hydrogens is 450 g/mol. The number of hydrogen-bond acceptors (Lipinski definition) is 5. The highest BCUT2D eigenvalue weighted by molar-refractivity contribution is 5.98. The summed E-state index contributed by atoms with van der Waals surface area (Å²) >= 11 is 0. The molecule has 0 amide bonds. The lowest BCUT2D eigenvalue weighted by Gasteiger charge is -2.20. The minimum atomic E-state index is -0.484. The summed E-state index contributed by atoms with van der Waals surface area (Å²) in [6.45, 7) is 5.53. The lowest BCUT2D eigenvalue weighted by atomic mass is 9.88. The number of likely N-dealkylation sites (tertiary alicyclic amines) is 1. The quantitative estimate of drug-likeness (QED) is 0.256. The average molecular weight is 488 g/mol. The van der Waals surface area contributed by atoms with Crippen LogP contribution >= 0.6 is 0 Å². The van der Waals surface area contributed by atoms with E-state index in [2.05, 4.69) is 60.4 Å². The molecule has 0 saturated carbocycles. The molecule has 4 rings (SSSR count). The van der Waals surface area contributed by atoms with Crippen molar-refractivity contribution in [2.75, 3.05) is 40.1 Å². The highest BCUT2D eigenvalue weighted by atomic mass is 16.7. The Bertz CT molecular complexity index is 1090. The van der Waals surface area contributed by atoms with Gasteiger partial charge in [0.1, 0.15) is 24.2 Å². The van der Waals surface area contributed by atoms with Crippen molar-refractivity contribution in [1.29, 1.82) is 0 Å². The maximum atomic E-state index is 10.4. The fourth-order valence-corrected chi connectivity index (χ4v) is 4.75. The summed E-state index contributed by atoms with van der Waals surface area (Å²) in [4.78, 5) is 2.30. The maximum Gasteiger partial charge on any atom is 0.188 e. The van der Waals surface area contributed by atoms with Crippen molar-refractivity contribution < 1.29 is 19.3 Å². The number of hydrogen-bond donors (Lipinski definition) is 1. The monoisotopic (exact) mass is 487 g/mol. The zero-order chi connectivity index (χ0) is 25.2. The minimum Gasteiger partial charge on any atom is -0.491 e. The van der Waals surface area contributed by atoms with Crippen molar-refractivity contribution in [2.24, 2.45) is 0 Å². The lowest BCUT2D eigenvalue weighted by Crippen LogP contribution is -2.33. The molecule has 0 spiro atoms. The molecule has 3 aromatic rings. The van der Waals surface area contributed by atoms with Gasteiger partial charge in [0.2, 0.25) is 0 Å². The van der Waals surface area contributed by atoms with Crippen molar-refractivity contribution in [2.45, 2.75) is 32.3 Å². The van der Waals surface area contributed by atoms with E-state index in [1.54, 1.807) is 7.11 Å². The summed E-state index contributed by atoms with van der Waals surface area (Å²) in [5.41, 5.74) is 5.90. The standard InChI is InChI=1S/C31H37NO4/c1-3-30(24-9-5-4-6-10-24)31(26-13-17-29(18-14-26)36-23-34-2)25-11-15-28(16-12-25)35-22-27(33)21-32-19-7-8-20-32/h4-6,9-18,27,33H,3,7-8,19-23H2,1-2H3. The molecule has 36 heavy (non-hydrogen) atoms. The topological polar surface area (TPSA) is 51.2 Å². The van der Waals surface area contributed by atoms with Crippen LogP contribution in [0.1, 0.15) is 42.9 Å². The van der Waals surface area contributed by atoms with Gasteiger partial charge in [-0.05, 0) is 84.5 Å². The second-order valence-electron chi connectivity index (χ2n) is 9.15. The largest absolute Gasteiger partial charge is 0.491 e. The van der Waals surface area contributed by atoms with Crippen molar-refractivity contribution in [3.8, 4) is 11.5 Å². The number of benzene rings is 3. The number of β-amino-alcohol motifs (C(OH)–C–C–N with tert-alkyl or cyclic N) is 1. The van der Waals surface area contributed by atoms with Crippen molar-refractivity contribution in [3.63, 3.8) is 0 Å². The molecule has 1 unspecified atom stereocenters. The van der Waals surface area contributed by atoms with Gasteiger partial charge in [0.05, 0.1) is 0 Å². The number of ether oxygens (including phenoxy) is 3. The first-order valence-corrected chi connectivity index (χ1v) is 12.8. The van der Waals surface area contributed by atoms with E-state index in [0.29, 0.717) is 13.2 Å². The zero-order valence-corrected chi connectivity index (χ0v) is 21.4. The fourth-order valence-electron chi connectivity index (χ4n) is 4.75. The van der Waals surface area contributed by atoms with Crippen LogP contribution in [0.15, 0.2) is 78.9 Å². The molecule has 0 aromatic heterocycles. The Labute approximate surface area is 214 Å². The highest BCUT2D eigenvalue weighted by Gasteiger charge is 2.17. The predicted molar refractivity (Wildman–Crippen MR) is 145 cm³/mol. The SMILES string of the molecule is CCC(=C(c1ccc(OCOC)cc1)c1ccc(OCC(O)CN2CCCC2)cc1)c1ccccc1. The average Bonchev–Trinajstić information content (AvgIpc) is 3.43. The van der Waals surface area contributed by atoms with Crippen LogP contribution in [0.2, 0.25) is 0 Å². The van der Waals surface area contributed by atoms with Gasteiger partial charge in [0.15, 0.2) is 6.79 Å². The van der Waals surface area contributed by atoms with Gasteiger partial charge in [-0.15, -0.1) is 0 Å². The van der Waals surface area contributed by atoms with E-state index in [0.717, 1.165) is 42.1 Å². The van der Waals surface area contributed by atoms with Crippen LogP contribution in [0.25, 0.3) is 11.1 Å². The number of aliphatic hydroxyl groups excluding tert-OH is 1. The molecule has 0 radical (unpaired) electrons. The van der Waals surface area contributed by atoms with Gasteiger partial charge in [0, 0.05) is 13.7 Å². The Hall–Kier alpha value is -3.12. The highest BCUT2D eigenvalue weighted by Crippen LogP contribution is 2.35. The van der Waals surface area contributed by atoms with Crippen LogP contribution in [-0.2, 0) is 4.74 Å². The van der Waals surface area contributed by atoms with Gasteiger partial charge < -0.3 is 24.2 Å². The predicted octanol–water partition coefficient (Wildman–Crippen LogP) is 5.87. The number of aliphatic hydroxyl groups is 1. The van der Waals surface area contributed by atoms with Crippen LogP contribution in [0, 0.1) is 0 Å². The van der Waals surface area contributed by atoms with Crippen molar-refractivity contribution >= 4 is 11.1 Å². The van der Waals surface area contributed by atoms with Crippen molar-refractivity contribution in [3.05, 3.63) is 95.6 Å². The molecule has 3 aromatic carbocycles. The maximum absolute atomic E-state index is 10.4. The third-order valence-corrected chi connectivity index (χ3v) is 6.52. The molecule has 0 aliphatic carbocycles. The Morgan fingerprint density at radius 2 is 1.39 bits per heavy atom. The van der Waals surface area contributed by atoms with Gasteiger partial charge in [-0.1, -0.05) is 61.5 Å². The molecule has 1 aliphatic rings. The summed E-state index contributed by atoms with van der Waals surface area (Å²) in [5.74, 6) is 1.54. The summed E-state index contributed by atoms with van der Waals surface area (Å²) < 4.78 is 16.5. The Balaban J connectivity index is 1.57. The lowest BCUT2D eigenvalue weighted by molar-refractivity contribution is 0.0511. The molecule has 190 valence electrons. The van der Waals surface area contributed by atoms with E-state index in [-0.39, 0.29) is 6.79 Å². The number of nitrogens with zero attached hydrogens (tertiary/aromatic N) is 1. The molecule has 1 heterocycles.